The van der Waals surface area contributed by atoms with Crippen molar-refractivity contribution in [1.29, 1.82) is 5.26 Å². The lowest BCUT2D eigenvalue weighted by Gasteiger charge is -2.09. The number of hydrogen-bond acceptors (Lipinski definition) is 2. The van der Waals surface area contributed by atoms with Gasteiger partial charge in [0.15, 0.2) is 0 Å². The summed E-state index contributed by atoms with van der Waals surface area (Å²) in [5.41, 5.74) is 1.02. The Morgan fingerprint density at radius 1 is 1.50 bits per heavy atom. The van der Waals surface area contributed by atoms with Crippen LogP contribution in [0.2, 0.25) is 0 Å². The standard InChI is InChI=1S/C11H10BrNO/c12-9-3-4-10-8(7-13)2-1-5-14-11(10)6-9/h3-4,6,8H,1-2,5H2. The fraction of sp³-hybridized carbons (Fsp3) is 0.364. The maximum Gasteiger partial charge on any atom is 0.124 e. The average molecular weight is 252 g/mol. The molecule has 1 aliphatic rings. The van der Waals surface area contributed by atoms with Crippen LogP contribution in [0, 0.1) is 11.3 Å². The third kappa shape index (κ3) is 1.76. The van der Waals surface area contributed by atoms with Crippen LogP contribution in [0.5, 0.6) is 5.75 Å². The lowest BCUT2D eigenvalue weighted by molar-refractivity contribution is 0.316. The Balaban J connectivity index is 2.45. The van der Waals surface area contributed by atoms with Crippen LogP contribution in [0.15, 0.2) is 22.7 Å². The molecule has 0 saturated heterocycles. The SMILES string of the molecule is N#CC1CCCOc2cc(Br)ccc21. The van der Waals surface area contributed by atoms with Crippen LogP contribution in [0.1, 0.15) is 24.3 Å². The molecule has 0 bridgehead atoms. The monoisotopic (exact) mass is 251 g/mol. The van der Waals surface area contributed by atoms with Gasteiger partial charge in [0.25, 0.3) is 0 Å². The molecule has 72 valence electrons. The van der Waals surface area contributed by atoms with E-state index in [0.717, 1.165) is 28.6 Å². The summed E-state index contributed by atoms with van der Waals surface area (Å²) in [6, 6.07) is 8.19. The first-order chi connectivity index (χ1) is 6.81. The van der Waals surface area contributed by atoms with Crippen LogP contribution in [0.3, 0.4) is 0 Å². The maximum atomic E-state index is 9.01. The van der Waals surface area contributed by atoms with Crippen molar-refractivity contribution >= 4 is 15.9 Å². The molecule has 0 fully saturated rings. The van der Waals surface area contributed by atoms with Gasteiger partial charge in [-0.3, -0.25) is 0 Å². The van der Waals surface area contributed by atoms with E-state index >= 15 is 0 Å². The summed E-state index contributed by atoms with van der Waals surface area (Å²) in [5.74, 6) is 0.837. The van der Waals surface area contributed by atoms with Gasteiger partial charge >= 0.3 is 0 Å². The van der Waals surface area contributed by atoms with E-state index in [1.54, 1.807) is 0 Å². The predicted molar refractivity (Wildman–Crippen MR) is 57.2 cm³/mol. The first kappa shape index (κ1) is 9.54. The van der Waals surface area contributed by atoms with Crippen LogP contribution in [0.4, 0.5) is 0 Å². The summed E-state index contributed by atoms with van der Waals surface area (Å²) in [4.78, 5) is 0. The minimum absolute atomic E-state index is 0.0133. The number of ether oxygens (including phenoxy) is 1. The molecule has 1 atom stereocenters. The molecule has 0 radical (unpaired) electrons. The third-order valence-corrected chi connectivity index (χ3v) is 2.89. The summed E-state index contributed by atoms with van der Waals surface area (Å²) in [6.07, 6.45) is 1.84. The highest BCUT2D eigenvalue weighted by molar-refractivity contribution is 9.10. The first-order valence-corrected chi connectivity index (χ1v) is 5.42. The topological polar surface area (TPSA) is 33.0 Å². The van der Waals surface area contributed by atoms with Gasteiger partial charge in [0, 0.05) is 10.0 Å². The summed E-state index contributed by atoms with van der Waals surface area (Å²) in [5, 5.41) is 9.01. The minimum atomic E-state index is -0.0133. The van der Waals surface area contributed by atoms with Gasteiger partial charge in [0.1, 0.15) is 5.75 Å². The zero-order valence-electron chi connectivity index (χ0n) is 7.66. The highest BCUT2D eigenvalue weighted by Crippen LogP contribution is 2.34. The maximum absolute atomic E-state index is 9.01. The van der Waals surface area contributed by atoms with Gasteiger partial charge in [-0.05, 0) is 25.0 Å². The Kier molecular flexibility index (Phi) is 2.74. The van der Waals surface area contributed by atoms with E-state index in [-0.39, 0.29) is 5.92 Å². The van der Waals surface area contributed by atoms with Gasteiger partial charge in [-0.1, -0.05) is 22.0 Å². The third-order valence-electron chi connectivity index (χ3n) is 2.40. The molecular formula is C11H10BrNO. The van der Waals surface area contributed by atoms with E-state index in [0.29, 0.717) is 6.61 Å². The molecule has 2 rings (SSSR count). The second kappa shape index (κ2) is 4.02. The van der Waals surface area contributed by atoms with E-state index in [9.17, 15) is 0 Å². The van der Waals surface area contributed by atoms with Gasteiger partial charge in [-0.2, -0.15) is 5.26 Å². The molecule has 3 heteroatoms. The first-order valence-electron chi connectivity index (χ1n) is 4.63. The predicted octanol–water partition coefficient (Wildman–Crippen LogP) is 3.23. The van der Waals surface area contributed by atoms with E-state index < -0.39 is 0 Å². The lowest BCUT2D eigenvalue weighted by atomic mass is 9.96. The molecule has 0 saturated carbocycles. The lowest BCUT2D eigenvalue weighted by Crippen LogP contribution is -1.95. The largest absolute Gasteiger partial charge is 0.493 e. The van der Waals surface area contributed by atoms with Gasteiger partial charge in [-0.15, -0.1) is 0 Å². The fourth-order valence-corrected chi connectivity index (χ4v) is 2.02. The summed E-state index contributed by atoms with van der Waals surface area (Å²) in [6.45, 7) is 0.710. The number of halogens is 1. The zero-order chi connectivity index (χ0) is 9.97. The van der Waals surface area contributed by atoms with Crippen molar-refractivity contribution in [3.05, 3.63) is 28.2 Å². The second-order valence-corrected chi connectivity index (χ2v) is 4.27. The number of nitriles is 1. The van der Waals surface area contributed by atoms with E-state index in [2.05, 4.69) is 22.0 Å². The van der Waals surface area contributed by atoms with Crippen LogP contribution >= 0.6 is 15.9 Å². The van der Waals surface area contributed by atoms with Gasteiger partial charge in [-0.25, -0.2) is 0 Å². The normalized spacial score (nSPS) is 20.1. The van der Waals surface area contributed by atoms with Crippen LogP contribution in [-0.2, 0) is 0 Å². The van der Waals surface area contributed by atoms with Crippen molar-refractivity contribution in [3.8, 4) is 11.8 Å². The van der Waals surface area contributed by atoms with Crippen LogP contribution in [0.25, 0.3) is 0 Å². The molecule has 1 aromatic carbocycles. The molecule has 14 heavy (non-hydrogen) atoms. The fourth-order valence-electron chi connectivity index (χ4n) is 1.68. The van der Waals surface area contributed by atoms with Crippen molar-refractivity contribution in [2.24, 2.45) is 0 Å². The van der Waals surface area contributed by atoms with Crippen molar-refractivity contribution < 1.29 is 4.74 Å². The number of nitrogens with zero attached hydrogens (tertiary/aromatic N) is 1. The number of benzene rings is 1. The molecule has 0 N–H and O–H groups in total. The average Bonchev–Trinajstić information content (AvgIpc) is 2.38. The Morgan fingerprint density at radius 2 is 2.36 bits per heavy atom. The van der Waals surface area contributed by atoms with Gasteiger partial charge in [0.05, 0.1) is 18.6 Å². The molecule has 1 aromatic rings. The molecular weight excluding hydrogens is 242 g/mol. The van der Waals surface area contributed by atoms with E-state index in [1.807, 2.05) is 18.2 Å². The molecule has 0 aromatic heterocycles. The highest BCUT2D eigenvalue weighted by Gasteiger charge is 2.19. The molecule has 1 unspecified atom stereocenters. The second-order valence-electron chi connectivity index (χ2n) is 3.35. The molecule has 1 heterocycles. The molecule has 0 aliphatic carbocycles. The quantitative estimate of drug-likeness (QED) is 0.710. The summed E-state index contributed by atoms with van der Waals surface area (Å²) in [7, 11) is 0. The van der Waals surface area contributed by atoms with Crippen LogP contribution < -0.4 is 4.74 Å². The van der Waals surface area contributed by atoms with Crippen molar-refractivity contribution in [2.75, 3.05) is 6.61 Å². The molecule has 1 aliphatic heterocycles. The number of hydrogen-bond donors (Lipinski definition) is 0. The number of fused-ring (bicyclic) bond motifs is 1. The smallest absolute Gasteiger partial charge is 0.124 e. The molecule has 0 amide bonds. The Hall–Kier alpha value is -1.01. The minimum Gasteiger partial charge on any atom is -0.493 e. The number of rotatable bonds is 0. The van der Waals surface area contributed by atoms with Crippen molar-refractivity contribution in [1.82, 2.24) is 0 Å². The van der Waals surface area contributed by atoms with Gasteiger partial charge in [0.2, 0.25) is 0 Å². The molecule has 2 nitrogen and oxygen atoms in total. The van der Waals surface area contributed by atoms with Crippen molar-refractivity contribution in [2.45, 2.75) is 18.8 Å². The van der Waals surface area contributed by atoms with E-state index in [4.69, 9.17) is 10.00 Å². The zero-order valence-corrected chi connectivity index (χ0v) is 9.25. The Labute approximate surface area is 91.6 Å². The Bertz CT molecular complexity index is 383. The van der Waals surface area contributed by atoms with Gasteiger partial charge < -0.3 is 4.74 Å². The summed E-state index contributed by atoms with van der Waals surface area (Å²) >= 11 is 3.39. The summed E-state index contributed by atoms with van der Waals surface area (Å²) < 4.78 is 6.58. The Morgan fingerprint density at radius 3 is 3.14 bits per heavy atom. The van der Waals surface area contributed by atoms with E-state index in [1.165, 1.54) is 0 Å². The molecule has 0 spiro atoms. The van der Waals surface area contributed by atoms with Crippen molar-refractivity contribution in [3.63, 3.8) is 0 Å². The van der Waals surface area contributed by atoms with Crippen LogP contribution in [-0.4, -0.2) is 6.61 Å². The highest BCUT2D eigenvalue weighted by atomic mass is 79.9.